The minimum atomic E-state index is 0.219. The molecule has 1 unspecified atom stereocenters. The van der Waals surface area contributed by atoms with E-state index < -0.39 is 0 Å². The lowest BCUT2D eigenvalue weighted by Gasteiger charge is -2.27. The van der Waals surface area contributed by atoms with Crippen LogP contribution in [0.25, 0.3) is 39.2 Å². The zero-order chi connectivity index (χ0) is 30.5. The second kappa shape index (κ2) is 10.9. The van der Waals surface area contributed by atoms with E-state index in [9.17, 15) is 0 Å². The second-order valence-electron chi connectivity index (χ2n) is 12.2. The van der Waals surface area contributed by atoms with E-state index in [-0.39, 0.29) is 5.92 Å². The molecule has 0 saturated heterocycles. The van der Waals surface area contributed by atoms with Crippen LogP contribution in [-0.4, -0.2) is 14.5 Å². The molecule has 45 heavy (non-hydrogen) atoms. The summed E-state index contributed by atoms with van der Waals surface area (Å²) in [7, 11) is 0. The molecule has 218 valence electrons. The Labute approximate surface area is 264 Å². The Morgan fingerprint density at radius 2 is 1.47 bits per heavy atom. The van der Waals surface area contributed by atoms with E-state index >= 15 is 0 Å². The van der Waals surface area contributed by atoms with Gasteiger partial charge >= 0.3 is 0 Å². The van der Waals surface area contributed by atoms with Gasteiger partial charge < -0.3 is 4.90 Å². The minimum absolute atomic E-state index is 0.219. The monoisotopic (exact) mass is 582 g/mol. The van der Waals surface area contributed by atoms with Crippen molar-refractivity contribution in [2.24, 2.45) is 0 Å². The van der Waals surface area contributed by atoms with Crippen LogP contribution >= 0.6 is 0 Å². The fourth-order valence-corrected chi connectivity index (χ4v) is 6.83. The van der Waals surface area contributed by atoms with Gasteiger partial charge in [-0.05, 0) is 71.1 Å². The van der Waals surface area contributed by atoms with E-state index in [1.54, 1.807) is 0 Å². The summed E-state index contributed by atoms with van der Waals surface area (Å²) in [5.41, 5.74) is 12.7. The lowest BCUT2D eigenvalue weighted by atomic mass is 9.87. The quantitative estimate of drug-likeness (QED) is 0.202. The molecule has 4 nitrogen and oxygen atoms in total. The Morgan fingerprint density at radius 3 is 2.33 bits per heavy atom. The zero-order valence-corrected chi connectivity index (χ0v) is 25.7. The first kappa shape index (κ1) is 27.1. The highest BCUT2D eigenvalue weighted by molar-refractivity contribution is 5.85. The number of anilines is 3. The largest absolute Gasteiger partial charge is 0.310 e. The molecule has 0 radical (unpaired) electrons. The van der Waals surface area contributed by atoms with Gasteiger partial charge in [0, 0.05) is 51.9 Å². The summed E-state index contributed by atoms with van der Waals surface area (Å²) >= 11 is 0. The van der Waals surface area contributed by atoms with Crippen LogP contribution in [0, 0.1) is 0 Å². The van der Waals surface area contributed by atoms with Crippen LogP contribution < -0.4 is 4.90 Å². The summed E-state index contributed by atoms with van der Waals surface area (Å²) in [6, 6.07) is 45.4. The highest BCUT2D eigenvalue weighted by atomic mass is 15.1. The zero-order valence-electron chi connectivity index (χ0n) is 25.7. The minimum Gasteiger partial charge on any atom is -0.310 e. The number of imidazole rings is 1. The molecule has 8 rings (SSSR count). The SMILES string of the molecule is CC(C)c1cccc2c1-n1ccnc1-c1cc(N(c3ccccc3)c3cccc(-c4ccc5ccccc5n4)c3)ccc1C2C. The van der Waals surface area contributed by atoms with Gasteiger partial charge in [-0.25, -0.2) is 9.97 Å². The molecule has 1 aliphatic heterocycles. The highest BCUT2D eigenvalue weighted by Crippen LogP contribution is 2.45. The van der Waals surface area contributed by atoms with Gasteiger partial charge in [-0.15, -0.1) is 0 Å². The van der Waals surface area contributed by atoms with Crippen molar-refractivity contribution in [1.82, 2.24) is 14.5 Å². The maximum absolute atomic E-state index is 5.00. The number of hydrogen-bond donors (Lipinski definition) is 0. The average Bonchev–Trinajstić information content (AvgIpc) is 3.54. The van der Waals surface area contributed by atoms with Crippen molar-refractivity contribution in [3.8, 4) is 28.3 Å². The molecule has 3 heterocycles. The molecule has 0 N–H and O–H groups in total. The fourth-order valence-electron chi connectivity index (χ4n) is 6.83. The summed E-state index contributed by atoms with van der Waals surface area (Å²) in [6.45, 7) is 6.86. The molecule has 0 amide bonds. The number of rotatable bonds is 5. The van der Waals surface area contributed by atoms with E-state index in [0.29, 0.717) is 5.92 Å². The Balaban J connectivity index is 1.29. The second-order valence-corrected chi connectivity index (χ2v) is 12.2. The molecule has 5 aromatic carbocycles. The number of aromatic nitrogens is 3. The van der Waals surface area contributed by atoms with Crippen molar-refractivity contribution in [2.45, 2.75) is 32.6 Å². The number of benzene rings is 5. The number of nitrogens with zero attached hydrogens (tertiary/aromatic N) is 4. The van der Waals surface area contributed by atoms with E-state index in [4.69, 9.17) is 9.97 Å². The van der Waals surface area contributed by atoms with E-state index in [1.807, 2.05) is 12.3 Å². The molecular formula is C41H34N4. The third-order valence-electron chi connectivity index (χ3n) is 9.08. The lowest BCUT2D eigenvalue weighted by Crippen LogP contribution is -2.11. The van der Waals surface area contributed by atoms with Gasteiger partial charge in [0.1, 0.15) is 5.82 Å². The van der Waals surface area contributed by atoms with Crippen molar-refractivity contribution in [3.63, 3.8) is 0 Å². The van der Waals surface area contributed by atoms with Gasteiger partial charge in [-0.3, -0.25) is 4.57 Å². The van der Waals surface area contributed by atoms with Gasteiger partial charge in [-0.1, -0.05) is 99.6 Å². The van der Waals surface area contributed by atoms with Crippen LogP contribution in [0.4, 0.5) is 17.1 Å². The van der Waals surface area contributed by atoms with Crippen molar-refractivity contribution < 1.29 is 0 Å². The predicted molar refractivity (Wildman–Crippen MR) is 186 cm³/mol. The van der Waals surface area contributed by atoms with E-state index in [0.717, 1.165) is 50.6 Å². The molecule has 0 bridgehead atoms. The predicted octanol–water partition coefficient (Wildman–Crippen LogP) is 10.8. The van der Waals surface area contributed by atoms with Crippen molar-refractivity contribution >= 4 is 28.0 Å². The standard InChI is InChI=1S/C41H34N4/c1-27(2)34-16-10-17-36-28(3)35-21-20-33(26-37(35)41-42-23-24-44(41)40(34)36)45(31-13-5-4-6-14-31)32-15-9-12-30(25-32)39-22-19-29-11-7-8-18-38(29)43-39/h4-28H,1-3H3. The van der Waals surface area contributed by atoms with Crippen molar-refractivity contribution in [1.29, 1.82) is 0 Å². The molecule has 1 aliphatic rings. The normalized spacial score (nSPS) is 13.6. The van der Waals surface area contributed by atoms with E-state index in [2.05, 4.69) is 158 Å². The number of pyridine rings is 1. The van der Waals surface area contributed by atoms with Gasteiger partial charge in [0.15, 0.2) is 0 Å². The van der Waals surface area contributed by atoms with Crippen LogP contribution in [0.3, 0.4) is 0 Å². The lowest BCUT2D eigenvalue weighted by molar-refractivity contribution is 0.831. The summed E-state index contributed by atoms with van der Waals surface area (Å²) < 4.78 is 2.30. The maximum Gasteiger partial charge on any atom is 0.144 e. The summed E-state index contributed by atoms with van der Waals surface area (Å²) in [5.74, 6) is 1.60. The highest BCUT2D eigenvalue weighted by Gasteiger charge is 2.28. The maximum atomic E-state index is 5.00. The number of hydrogen-bond acceptors (Lipinski definition) is 3. The summed E-state index contributed by atoms with van der Waals surface area (Å²) in [6.07, 6.45) is 4.04. The summed E-state index contributed by atoms with van der Waals surface area (Å²) in [4.78, 5) is 12.3. The number of fused-ring (bicyclic) bond motifs is 6. The smallest absolute Gasteiger partial charge is 0.144 e. The Morgan fingerprint density at radius 1 is 0.689 bits per heavy atom. The van der Waals surface area contributed by atoms with Gasteiger partial charge in [-0.2, -0.15) is 0 Å². The van der Waals surface area contributed by atoms with Crippen LogP contribution in [0.2, 0.25) is 0 Å². The Hall–Kier alpha value is -5.48. The van der Waals surface area contributed by atoms with Crippen LogP contribution in [0.15, 0.2) is 140 Å². The third kappa shape index (κ3) is 4.61. The molecule has 7 aromatic rings. The van der Waals surface area contributed by atoms with Crippen molar-refractivity contribution in [2.75, 3.05) is 4.90 Å². The molecule has 1 atom stereocenters. The van der Waals surface area contributed by atoms with Gasteiger partial charge in [0.2, 0.25) is 0 Å². The first-order valence-corrected chi connectivity index (χ1v) is 15.7. The molecule has 0 aliphatic carbocycles. The topological polar surface area (TPSA) is 34.0 Å². The average molecular weight is 583 g/mol. The molecule has 2 aromatic heterocycles. The fraction of sp³-hybridized carbons (Fsp3) is 0.122. The molecular weight excluding hydrogens is 548 g/mol. The summed E-state index contributed by atoms with van der Waals surface area (Å²) in [5, 5.41) is 1.14. The number of para-hydroxylation sites is 3. The van der Waals surface area contributed by atoms with Crippen LogP contribution in [-0.2, 0) is 0 Å². The molecule has 0 spiro atoms. The van der Waals surface area contributed by atoms with Crippen molar-refractivity contribution in [3.05, 3.63) is 156 Å². The Kier molecular flexibility index (Phi) is 6.57. The third-order valence-corrected chi connectivity index (χ3v) is 9.08. The van der Waals surface area contributed by atoms with Gasteiger partial charge in [0.05, 0.1) is 16.9 Å². The molecule has 0 saturated carbocycles. The van der Waals surface area contributed by atoms with Crippen LogP contribution in [0.1, 0.15) is 49.3 Å². The van der Waals surface area contributed by atoms with E-state index in [1.165, 1.54) is 22.4 Å². The van der Waals surface area contributed by atoms with Crippen LogP contribution in [0.5, 0.6) is 0 Å². The molecule has 4 heteroatoms. The first-order valence-electron chi connectivity index (χ1n) is 15.7. The first-order chi connectivity index (χ1) is 22.1. The van der Waals surface area contributed by atoms with Gasteiger partial charge in [0.25, 0.3) is 0 Å². The molecule has 0 fully saturated rings. The Bertz CT molecular complexity index is 2180.